The lowest BCUT2D eigenvalue weighted by Gasteiger charge is -2.26. The van der Waals surface area contributed by atoms with Crippen molar-refractivity contribution >= 4 is 5.91 Å². The molecule has 0 aromatic rings. The van der Waals surface area contributed by atoms with Crippen LogP contribution < -0.4 is 5.32 Å². The molecule has 0 heterocycles. The van der Waals surface area contributed by atoms with Crippen molar-refractivity contribution in [1.29, 1.82) is 0 Å². The maximum atomic E-state index is 11.8. The highest BCUT2D eigenvalue weighted by atomic mass is 16.3. The molecule has 0 fully saturated rings. The number of carbonyl (C=O) groups excluding carboxylic acids is 1. The maximum absolute atomic E-state index is 11.8. The van der Waals surface area contributed by atoms with Gasteiger partial charge in [-0.2, -0.15) is 0 Å². The SMILES string of the molecule is CC=CC=CC=CCCC=CC=CC(=O)NCC(O)(CC)CCCC. The fourth-order valence-corrected chi connectivity index (χ4v) is 2.13. The molecule has 0 aromatic carbocycles. The second-order valence-corrected chi connectivity index (χ2v) is 6.10. The van der Waals surface area contributed by atoms with E-state index in [9.17, 15) is 9.90 Å². The first-order chi connectivity index (χ1) is 12.1. The zero-order chi connectivity index (χ0) is 18.8. The molecule has 1 amide bonds. The Kier molecular flexibility index (Phi) is 14.5. The molecular formula is C22H35NO2. The van der Waals surface area contributed by atoms with Crippen LogP contribution in [0.25, 0.3) is 0 Å². The number of nitrogens with one attached hydrogen (secondary N) is 1. The van der Waals surface area contributed by atoms with Crippen LogP contribution in [0, 0.1) is 0 Å². The van der Waals surface area contributed by atoms with E-state index in [0.717, 1.165) is 32.1 Å². The highest BCUT2D eigenvalue weighted by molar-refractivity contribution is 5.87. The van der Waals surface area contributed by atoms with Crippen LogP contribution >= 0.6 is 0 Å². The van der Waals surface area contributed by atoms with Crippen molar-refractivity contribution in [3.8, 4) is 0 Å². The van der Waals surface area contributed by atoms with Gasteiger partial charge >= 0.3 is 0 Å². The zero-order valence-electron chi connectivity index (χ0n) is 16.1. The predicted octanol–water partition coefficient (Wildman–Crippen LogP) is 5.02. The second kappa shape index (κ2) is 15.6. The normalized spacial score (nSPS) is 15.2. The van der Waals surface area contributed by atoms with E-state index in [-0.39, 0.29) is 5.91 Å². The molecule has 140 valence electrons. The second-order valence-electron chi connectivity index (χ2n) is 6.10. The molecule has 0 saturated heterocycles. The molecule has 25 heavy (non-hydrogen) atoms. The zero-order valence-corrected chi connectivity index (χ0v) is 16.1. The number of rotatable bonds is 13. The van der Waals surface area contributed by atoms with E-state index in [2.05, 4.69) is 18.3 Å². The molecular weight excluding hydrogens is 310 g/mol. The van der Waals surface area contributed by atoms with Crippen molar-refractivity contribution in [2.75, 3.05) is 6.54 Å². The first kappa shape index (κ1) is 23.1. The Morgan fingerprint density at radius 2 is 1.64 bits per heavy atom. The van der Waals surface area contributed by atoms with E-state index >= 15 is 0 Å². The van der Waals surface area contributed by atoms with Gasteiger partial charge in [-0.25, -0.2) is 0 Å². The van der Waals surface area contributed by atoms with Gasteiger partial charge in [-0.05, 0) is 32.6 Å². The Morgan fingerprint density at radius 1 is 1.00 bits per heavy atom. The fourth-order valence-electron chi connectivity index (χ4n) is 2.13. The Bertz CT molecular complexity index is 486. The van der Waals surface area contributed by atoms with Gasteiger partial charge in [0.25, 0.3) is 0 Å². The average molecular weight is 346 g/mol. The van der Waals surface area contributed by atoms with Crippen molar-refractivity contribution < 1.29 is 9.90 Å². The molecule has 0 radical (unpaired) electrons. The summed E-state index contributed by atoms with van der Waals surface area (Å²) in [5.41, 5.74) is -0.789. The molecule has 3 heteroatoms. The number of aliphatic hydroxyl groups is 1. The first-order valence-electron chi connectivity index (χ1n) is 9.36. The van der Waals surface area contributed by atoms with Gasteiger partial charge in [-0.3, -0.25) is 4.79 Å². The van der Waals surface area contributed by atoms with E-state index in [1.54, 1.807) is 6.08 Å². The van der Waals surface area contributed by atoms with Crippen molar-refractivity contribution in [3.63, 3.8) is 0 Å². The molecule has 0 aromatic heterocycles. The summed E-state index contributed by atoms with van der Waals surface area (Å²) in [5.74, 6) is -0.165. The largest absolute Gasteiger partial charge is 0.388 e. The summed E-state index contributed by atoms with van der Waals surface area (Å²) in [5, 5.41) is 13.2. The molecule has 1 unspecified atom stereocenters. The van der Waals surface area contributed by atoms with E-state index in [0.29, 0.717) is 13.0 Å². The third kappa shape index (κ3) is 14.2. The van der Waals surface area contributed by atoms with Crippen molar-refractivity contribution in [3.05, 3.63) is 60.8 Å². The lowest BCUT2D eigenvalue weighted by Crippen LogP contribution is -2.42. The molecule has 1 atom stereocenters. The van der Waals surface area contributed by atoms with Crippen molar-refractivity contribution in [1.82, 2.24) is 5.32 Å². The van der Waals surface area contributed by atoms with Gasteiger partial charge < -0.3 is 10.4 Å². The summed E-state index contributed by atoms with van der Waals surface area (Å²) in [6.45, 7) is 6.34. The molecule has 0 spiro atoms. The summed E-state index contributed by atoms with van der Waals surface area (Å²) in [4.78, 5) is 11.8. The third-order valence-electron chi connectivity index (χ3n) is 3.90. The summed E-state index contributed by atoms with van der Waals surface area (Å²) >= 11 is 0. The van der Waals surface area contributed by atoms with E-state index < -0.39 is 5.60 Å². The van der Waals surface area contributed by atoms with Gasteiger partial charge in [0.2, 0.25) is 5.91 Å². The molecule has 2 N–H and O–H groups in total. The minimum absolute atomic E-state index is 0.165. The Balaban J connectivity index is 3.98. The van der Waals surface area contributed by atoms with Crippen molar-refractivity contribution in [2.45, 2.75) is 64.9 Å². The quantitative estimate of drug-likeness (QED) is 0.280. The number of hydrogen-bond acceptors (Lipinski definition) is 2. The number of unbranched alkanes of at least 4 members (excludes halogenated alkanes) is 2. The first-order valence-corrected chi connectivity index (χ1v) is 9.36. The summed E-state index contributed by atoms with van der Waals surface area (Å²) in [6, 6.07) is 0. The van der Waals surface area contributed by atoms with Gasteiger partial charge in [0.1, 0.15) is 0 Å². The number of carbonyl (C=O) groups is 1. The van der Waals surface area contributed by atoms with E-state index in [4.69, 9.17) is 0 Å². The highest BCUT2D eigenvalue weighted by Crippen LogP contribution is 2.17. The van der Waals surface area contributed by atoms with Crippen LogP contribution in [-0.4, -0.2) is 23.2 Å². The Labute approximate surface area is 153 Å². The van der Waals surface area contributed by atoms with Gasteiger partial charge in [0.05, 0.1) is 5.60 Å². The Morgan fingerprint density at radius 3 is 2.24 bits per heavy atom. The third-order valence-corrected chi connectivity index (χ3v) is 3.90. The van der Waals surface area contributed by atoms with Gasteiger partial charge in [-0.15, -0.1) is 0 Å². The number of hydrogen-bond donors (Lipinski definition) is 2. The number of allylic oxidation sites excluding steroid dienone is 9. The minimum Gasteiger partial charge on any atom is -0.388 e. The lowest BCUT2D eigenvalue weighted by molar-refractivity contribution is -0.117. The molecule has 0 rings (SSSR count). The van der Waals surface area contributed by atoms with Crippen molar-refractivity contribution in [2.24, 2.45) is 0 Å². The minimum atomic E-state index is -0.789. The average Bonchev–Trinajstić information content (AvgIpc) is 2.62. The van der Waals surface area contributed by atoms with E-state index in [1.807, 2.05) is 56.4 Å². The van der Waals surface area contributed by atoms with Gasteiger partial charge in [0.15, 0.2) is 0 Å². The molecule has 0 aliphatic carbocycles. The molecule has 3 nitrogen and oxygen atoms in total. The van der Waals surface area contributed by atoms with Crippen LogP contribution in [0.15, 0.2) is 60.8 Å². The van der Waals surface area contributed by atoms with Gasteiger partial charge in [0, 0.05) is 12.6 Å². The van der Waals surface area contributed by atoms with E-state index in [1.165, 1.54) is 6.08 Å². The van der Waals surface area contributed by atoms with Crippen LogP contribution in [0.2, 0.25) is 0 Å². The van der Waals surface area contributed by atoms with Crippen LogP contribution in [0.4, 0.5) is 0 Å². The lowest BCUT2D eigenvalue weighted by atomic mass is 9.94. The standard InChI is InChI=1S/C22H35NO2/c1-4-7-9-10-11-12-13-14-15-16-17-18-21(24)23-20-22(25,6-3)19-8-5-2/h4,7,9-12,15-18,25H,5-6,8,13-14,19-20H2,1-3H3,(H,23,24). The van der Waals surface area contributed by atoms with Crippen LogP contribution in [0.3, 0.4) is 0 Å². The summed E-state index contributed by atoms with van der Waals surface area (Å²) in [6.07, 6.45) is 24.6. The molecule has 0 saturated carbocycles. The highest BCUT2D eigenvalue weighted by Gasteiger charge is 2.23. The topological polar surface area (TPSA) is 49.3 Å². The predicted molar refractivity (Wildman–Crippen MR) is 108 cm³/mol. The monoisotopic (exact) mass is 345 g/mol. The number of amides is 1. The summed E-state index contributed by atoms with van der Waals surface area (Å²) < 4.78 is 0. The van der Waals surface area contributed by atoms with Crippen LogP contribution in [-0.2, 0) is 4.79 Å². The van der Waals surface area contributed by atoms with Crippen LogP contribution in [0.1, 0.15) is 59.3 Å². The molecule has 0 aliphatic heterocycles. The Hall–Kier alpha value is -1.87. The molecule has 0 bridgehead atoms. The van der Waals surface area contributed by atoms with Gasteiger partial charge in [-0.1, -0.05) is 81.4 Å². The fraction of sp³-hybridized carbons (Fsp3) is 0.500. The maximum Gasteiger partial charge on any atom is 0.244 e. The molecule has 0 aliphatic rings. The van der Waals surface area contributed by atoms with Crippen LogP contribution in [0.5, 0.6) is 0 Å². The summed E-state index contributed by atoms with van der Waals surface area (Å²) in [7, 11) is 0. The smallest absolute Gasteiger partial charge is 0.244 e.